The molecule has 0 aromatic heterocycles. The van der Waals surface area contributed by atoms with Crippen molar-refractivity contribution in [3.05, 3.63) is 30.1 Å². The first-order valence-electron chi connectivity index (χ1n) is 6.06. The number of nitrogens with one attached hydrogen (secondary N) is 1. The van der Waals surface area contributed by atoms with Gasteiger partial charge in [0.25, 0.3) is 0 Å². The van der Waals surface area contributed by atoms with Crippen LogP contribution in [0.2, 0.25) is 0 Å². The molecule has 0 saturated heterocycles. The molecule has 0 radical (unpaired) electrons. The van der Waals surface area contributed by atoms with Crippen molar-refractivity contribution in [3.63, 3.8) is 0 Å². The smallest absolute Gasteiger partial charge is 0.326 e. The predicted octanol–water partition coefficient (Wildman–Crippen LogP) is 2.22. The molecule has 0 aliphatic heterocycles. The number of carbonyl (C=O) groups is 2. The molecule has 1 atom stereocenters. The van der Waals surface area contributed by atoms with Crippen LogP contribution in [0.4, 0.5) is 14.9 Å². The topological polar surface area (TPSA) is 69.6 Å². The summed E-state index contributed by atoms with van der Waals surface area (Å²) in [6.07, 6.45) is 0.260. The van der Waals surface area contributed by atoms with E-state index in [1.807, 2.05) is 0 Å². The third kappa shape index (κ3) is 3.67. The largest absolute Gasteiger partial charge is 0.480 e. The Labute approximate surface area is 111 Å². The van der Waals surface area contributed by atoms with Crippen molar-refractivity contribution in [2.45, 2.75) is 26.3 Å². The summed E-state index contributed by atoms with van der Waals surface area (Å²) < 4.78 is 13.6. The summed E-state index contributed by atoms with van der Waals surface area (Å²) in [4.78, 5) is 24.0. The molecule has 0 unspecified atom stereocenters. The number of carboxylic acids is 1. The molecule has 0 saturated carbocycles. The van der Waals surface area contributed by atoms with E-state index in [1.54, 1.807) is 19.9 Å². The number of carbonyl (C=O) groups excluding carboxylic acids is 1. The molecular formula is C13H17FN2O3. The van der Waals surface area contributed by atoms with Crippen LogP contribution in [-0.2, 0) is 4.79 Å². The van der Waals surface area contributed by atoms with Crippen molar-refractivity contribution >= 4 is 17.7 Å². The molecule has 6 heteroatoms. The first kappa shape index (κ1) is 14.9. The molecule has 0 spiro atoms. The Morgan fingerprint density at radius 3 is 2.47 bits per heavy atom. The number of para-hydroxylation sites is 1. The fourth-order valence-electron chi connectivity index (χ4n) is 1.66. The first-order valence-corrected chi connectivity index (χ1v) is 6.06. The lowest BCUT2D eigenvalue weighted by Gasteiger charge is -2.23. The molecule has 0 aliphatic carbocycles. The lowest BCUT2D eigenvalue weighted by molar-refractivity contribution is -0.139. The molecule has 0 bridgehead atoms. The Bertz CT molecular complexity index is 465. The summed E-state index contributed by atoms with van der Waals surface area (Å²) in [7, 11) is 0. The monoisotopic (exact) mass is 268 g/mol. The van der Waals surface area contributed by atoms with Crippen LogP contribution >= 0.6 is 0 Å². The van der Waals surface area contributed by atoms with E-state index in [4.69, 9.17) is 5.11 Å². The van der Waals surface area contributed by atoms with Gasteiger partial charge in [-0.15, -0.1) is 0 Å². The van der Waals surface area contributed by atoms with E-state index in [2.05, 4.69) is 5.32 Å². The molecule has 1 aromatic rings. The summed E-state index contributed by atoms with van der Waals surface area (Å²) in [5.41, 5.74) is 0.128. The van der Waals surface area contributed by atoms with E-state index in [0.29, 0.717) is 0 Å². The minimum atomic E-state index is -1.11. The SMILES string of the molecule is CC[C@H](NC(=O)N(CC)c1ccccc1F)C(=O)O. The Morgan fingerprint density at radius 2 is 2.00 bits per heavy atom. The van der Waals surface area contributed by atoms with Crippen LogP contribution < -0.4 is 10.2 Å². The number of urea groups is 1. The van der Waals surface area contributed by atoms with Crippen LogP contribution in [0.3, 0.4) is 0 Å². The predicted molar refractivity (Wildman–Crippen MR) is 69.7 cm³/mol. The highest BCUT2D eigenvalue weighted by atomic mass is 19.1. The lowest BCUT2D eigenvalue weighted by Crippen LogP contribution is -2.48. The van der Waals surface area contributed by atoms with Gasteiger partial charge in [-0.3, -0.25) is 4.90 Å². The zero-order valence-corrected chi connectivity index (χ0v) is 10.9. The van der Waals surface area contributed by atoms with Crippen molar-refractivity contribution in [1.29, 1.82) is 0 Å². The molecule has 19 heavy (non-hydrogen) atoms. The standard InChI is InChI=1S/C13H17FN2O3/c1-3-10(12(17)18)15-13(19)16(4-2)11-8-6-5-7-9(11)14/h5-8,10H,3-4H2,1-2H3,(H,15,19)(H,17,18)/t10-/m0/s1. The van der Waals surface area contributed by atoms with Gasteiger partial charge in [-0.1, -0.05) is 19.1 Å². The third-order valence-corrected chi connectivity index (χ3v) is 2.71. The van der Waals surface area contributed by atoms with Crippen molar-refractivity contribution in [3.8, 4) is 0 Å². The third-order valence-electron chi connectivity index (χ3n) is 2.71. The minimum Gasteiger partial charge on any atom is -0.480 e. The van der Waals surface area contributed by atoms with Gasteiger partial charge in [0.15, 0.2) is 0 Å². The second-order valence-electron chi connectivity index (χ2n) is 3.94. The quantitative estimate of drug-likeness (QED) is 0.860. The molecule has 1 rings (SSSR count). The summed E-state index contributed by atoms with van der Waals surface area (Å²) in [5, 5.41) is 11.3. The van der Waals surface area contributed by atoms with Crippen molar-refractivity contribution in [2.75, 3.05) is 11.4 Å². The fourth-order valence-corrected chi connectivity index (χ4v) is 1.66. The molecule has 2 amide bonds. The van der Waals surface area contributed by atoms with Crippen molar-refractivity contribution in [2.24, 2.45) is 0 Å². The molecular weight excluding hydrogens is 251 g/mol. The van der Waals surface area contributed by atoms with Crippen LogP contribution in [0.5, 0.6) is 0 Å². The van der Waals surface area contributed by atoms with Gasteiger partial charge in [-0.2, -0.15) is 0 Å². The van der Waals surface area contributed by atoms with Crippen molar-refractivity contribution in [1.82, 2.24) is 5.32 Å². The highest BCUT2D eigenvalue weighted by Gasteiger charge is 2.23. The Morgan fingerprint density at radius 1 is 1.37 bits per heavy atom. The molecule has 0 aliphatic rings. The second kappa shape index (κ2) is 6.72. The van der Waals surface area contributed by atoms with Crippen LogP contribution in [0, 0.1) is 5.82 Å². The molecule has 1 aromatic carbocycles. The molecule has 0 fully saturated rings. The van der Waals surface area contributed by atoms with E-state index >= 15 is 0 Å². The number of rotatable bonds is 5. The van der Waals surface area contributed by atoms with Crippen molar-refractivity contribution < 1.29 is 19.1 Å². The highest BCUT2D eigenvalue weighted by Crippen LogP contribution is 2.18. The number of anilines is 1. The Balaban J connectivity index is 2.89. The van der Waals surface area contributed by atoms with Crippen LogP contribution in [0.15, 0.2) is 24.3 Å². The Hall–Kier alpha value is -2.11. The molecule has 104 valence electrons. The molecule has 5 nitrogen and oxygen atoms in total. The van der Waals surface area contributed by atoms with E-state index < -0.39 is 23.9 Å². The average Bonchev–Trinajstić information content (AvgIpc) is 2.38. The van der Waals surface area contributed by atoms with Gasteiger partial charge in [0.1, 0.15) is 11.9 Å². The fraction of sp³-hybridized carbons (Fsp3) is 0.385. The maximum atomic E-state index is 13.6. The van der Waals surface area contributed by atoms with Crippen LogP contribution in [0.25, 0.3) is 0 Å². The number of halogens is 1. The number of amides is 2. The van der Waals surface area contributed by atoms with E-state index in [-0.39, 0.29) is 18.7 Å². The van der Waals surface area contributed by atoms with Gasteiger partial charge >= 0.3 is 12.0 Å². The number of benzene rings is 1. The van der Waals surface area contributed by atoms with Gasteiger partial charge in [-0.25, -0.2) is 14.0 Å². The minimum absolute atomic E-state index is 0.128. The summed E-state index contributed by atoms with van der Waals surface area (Å²) in [6.45, 7) is 3.58. The Kier molecular flexibility index (Phi) is 5.29. The normalized spacial score (nSPS) is 11.7. The van der Waals surface area contributed by atoms with Crippen LogP contribution in [0.1, 0.15) is 20.3 Å². The zero-order valence-electron chi connectivity index (χ0n) is 10.9. The van der Waals surface area contributed by atoms with Gasteiger partial charge in [0.05, 0.1) is 5.69 Å². The number of hydrogen-bond donors (Lipinski definition) is 2. The van der Waals surface area contributed by atoms with Gasteiger partial charge in [0, 0.05) is 6.54 Å². The first-order chi connectivity index (χ1) is 9.01. The van der Waals surface area contributed by atoms with E-state index in [0.717, 1.165) is 0 Å². The summed E-state index contributed by atoms with van der Waals surface area (Å²) >= 11 is 0. The number of carboxylic acid groups (broad SMARTS) is 1. The van der Waals surface area contributed by atoms with Gasteiger partial charge < -0.3 is 10.4 Å². The highest BCUT2D eigenvalue weighted by molar-refractivity contribution is 5.94. The van der Waals surface area contributed by atoms with E-state index in [1.165, 1.54) is 23.1 Å². The summed E-state index contributed by atoms with van der Waals surface area (Å²) in [6, 6.07) is 4.26. The number of hydrogen-bond acceptors (Lipinski definition) is 2. The second-order valence-corrected chi connectivity index (χ2v) is 3.94. The van der Waals surface area contributed by atoms with Gasteiger partial charge in [0.2, 0.25) is 0 Å². The molecule has 0 heterocycles. The van der Waals surface area contributed by atoms with E-state index in [9.17, 15) is 14.0 Å². The molecule has 2 N–H and O–H groups in total. The summed E-state index contributed by atoms with van der Waals surface area (Å²) in [5.74, 6) is -1.64. The zero-order chi connectivity index (χ0) is 14.4. The van der Waals surface area contributed by atoms with Crippen LogP contribution in [-0.4, -0.2) is 29.7 Å². The number of aliphatic carboxylic acids is 1. The van der Waals surface area contributed by atoms with Gasteiger partial charge in [-0.05, 0) is 25.5 Å². The maximum Gasteiger partial charge on any atom is 0.326 e. The average molecular weight is 268 g/mol. The number of nitrogens with zero attached hydrogens (tertiary/aromatic N) is 1. The maximum absolute atomic E-state index is 13.6. The lowest BCUT2D eigenvalue weighted by atomic mass is 10.2.